The lowest BCUT2D eigenvalue weighted by molar-refractivity contribution is 0.0322. The number of carbonyl (C=O) groups excluding carboxylic acids is 1. The van der Waals surface area contributed by atoms with Gasteiger partial charge in [0.25, 0.3) is 0 Å². The summed E-state index contributed by atoms with van der Waals surface area (Å²) >= 11 is 0. The number of pyridine rings is 1. The first-order chi connectivity index (χ1) is 12.3. The van der Waals surface area contributed by atoms with E-state index < -0.39 is 0 Å². The van der Waals surface area contributed by atoms with Crippen LogP contribution in [0.3, 0.4) is 0 Å². The first kappa shape index (κ1) is 17.3. The van der Waals surface area contributed by atoms with Crippen LogP contribution in [-0.2, 0) is 4.74 Å². The van der Waals surface area contributed by atoms with Crippen LogP contribution in [0.2, 0.25) is 0 Å². The van der Waals surface area contributed by atoms with Crippen LogP contribution in [0.4, 0.5) is 0 Å². The standard InChI is InChI=1S/C20H22N2O3/c23-20(18-2-1-9-21-16-18)8-5-17-3-6-19(7-4-17)25-15-12-22-10-13-24-14-11-22/h1-9,16H,10-15H2/b8-5+. The fourth-order valence-electron chi connectivity index (χ4n) is 2.57. The van der Waals surface area contributed by atoms with Gasteiger partial charge in [0.05, 0.1) is 13.2 Å². The molecule has 5 heteroatoms. The van der Waals surface area contributed by atoms with Crippen LogP contribution in [0.1, 0.15) is 15.9 Å². The highest BCUT2D eigenvalue weighted by Crippen LogP contribution is 2.14. The maximum atomic E-state index is 12.0. The van der Waals surface area contributed by atoms with Crippen molar-refractivity contribution >= 4 is 11.9 Å². The molecule has 25 heavy (non-hydrogen) atoms. The lowest BCUT2D eigenvalue weighted by atomic mass is 10.1. The zero-order valence-corrected chi connectivity index (χ0v) is 14.1. The molecule has 1 aromatic heterocycles. The fraction of sp³-hybridized carbons (Fsp3) is 0.300. The molecule has 0 saturated carbocycles. The van der Waals surface area contributed by atoms with Gasteiger partial charge in [0.2, 0.25) is 0 Å². The minimum atomic E-state index is -0.0565. The molecule has 3 rings (SSSR count). The third kappa shape index (κ3) is 5.52. The summed E-state index contributed by atoms with van der Waals surface area (Å²) in [5.74, 6) is 0.780. The summed E-state index contributed by atoms with van der Waals surface area (Å²) in [6.07, 6.45) is 6.58. The van der Waals surface area contributed by atoms with Gasteiger partial charge < -0.3 is 9.47 Å². The normalized spacial score (nSPS) is 15.4. The van der Waals surface area contributed by atoms with Gasteiger partial charge >= 0.3 is 0 Å². The van der Waals surface area contributed by atoms with Gasteiger partial charge in [0.15, 0.2) is 5.78 Å². The molecule has 2 aromatic rings. The van der Waals surface area contributed by atoms with E-state index in [9.17, 15) is 4.79 Å². The first-order valence-electron chi connectivity index (χ1n) is 8.47. The maximum absolute atomic E-state index is 12.0. The lowest BCUT2D eigenvalue weighted by Gasteiger charge is -2.26. The number of hydrogen-bond acceptors (Lipinski definition) is 5. The Hall–Kier alpha value is -2.50. The Morgan fingerprint density at radius 2 is 2.00 bits per heavy atom. The molecule has 0 atom stereocenters. The average Bonchev–Trinajstić information content (AvgIpc) is 2.68. The van der Waals surface area contributed by atoms with E-state index in [1.807, 2.05) is 24.3 Å². The van der Waals surface area contributed by atoms with Gasteiger partial charge in [-0.05, 0) is 35.9 Å². The summed E-state index contributed by atoms with van der Waals surface area (Å²) in [5, 5.41) is 0. The first-order valence-corrected chi connectivity index (χ1v) is 8.47. The Kier molecular flexibility index (Phi) is 6.31. The second-order valence-corrected chi connectivity index (χ2v) is 5.81. The van der Waals surface area contributed by atoms with Crippen LogP contribution in [0.15, 0.2) is 54.9 Å². The second kappa shape index (κ2) is 9.11. The number of ketones is 1. The molecule has 5 nitrogen and oxygen atoms in total. The largest absolute Gasteiger partial charge is 0.492 e. The predicted octanol–water partition coefficient (Wildman–Crippen LogP) is 2.69. The summed E-state index contributed by atoms with van der Waals surface area (Å²) in [5.41, 5.74) is 1.54. The van der Waals surface area contributed by atoms with Gasteiger partial charge in [-0.25, -0.2) is 0 Å². The molecule has 0 spiro atoms. The molecule has 0 bridgehead atoms. The number of carbonyl (C=O) groups is 1. The van der Waals surface area contributed by atoms with E-state index in [2.05, 4.69) is 9.88 Å². The number of allylic oxidation sites excluding steroid dienone is 1. The third-order valence-electron chi connectivity index (χ3n) is 4.03. The summed E-state index contributed by atoms with van der Waals surface area (Å²) in [6.45, 7) is 5.12. The van der Waals surface area contributed by atoms with Gasteiger partial charge in [0, 0.05) is 37.6 Å². The molecule has 1 fully saturated rings. The lowest BCUT2D eigenvalue weighted by Crippen LogP contribution is -2.38. The van der Waals surface area contributed by atoms with Gasteiger partial charge in [-0.1, -0.05) is 18.2 Å². The van der Waals surface area contributed by atoms with Crippen molar-refractivity contribution in [2.24, 2.45) is 0 Å². The molecule has 1 aliphatic rings. The second-order valence-electron chi connectivity index (χ2n) is 5.81. The molecule has 0 unspecified atom stereocenters. The zero-order chi connectivity index (χ0) is 17.3. The minimum absolute atomic E-state index is 0.0565. The van der Waals surface area contributed by atoms with Crippen molar-refractivity contribution in [3.05, 3.63) is 66.0 Å². The fourth-order valence-corrected chi connectivity index (χ4v) is 2.57. The van der Waals surface area contributed by atoms with E-state index in [-0.39, 0.29) is 5.78 Å². The van der Waals surface area contributed by atoms with Crippen molar-refractivity contribution in [2.75, 3.05) is 39.5 Å². The molecule has 2 heterocycles. The van der Waals surface area contributed by atoms with Crippen LogP contribution < -0.4 is 4.74 Å². The Morgan fingerprint density at radius 3 is 2.72 bits per heavy atom. The topological polar surface area (TPSA) is 51.7 Å². The highest BCUT2D eigenvalue weighted by molar-refractivity contribution is 6.06. The number of morpholine rings is 1. The van der Waals surface area contributed by atoms with Gasteiger partial charge in [-0.15, -0.1) is 0 Å². The van der Waals surface area contributed by atoms with Crippen LogP contribution in [0, 0.1) is 0 Å². The predicted molar refractivity (Wildman–Crippen MR) is 96.8 cm³/mol. The smallest absolute Gasteiger partial charge is 0.187 e. The molecule has 0 N–H and O–H groups in total. The van der Waals surface area contributed by atoms with Crippen molar-refractivity contribution < 1.29 is 14.3 Å². The molecular weight excluding hydrogens is 316 g/mol. The number of ether oxygens (including phenoxy) is 2. The Bertz CT molecular complexity index is 693. The molecule has 130 valence electrons. The molecular formula is C20H22N2O3. The van der Waals surface area contributed by atoms with Crippen molar-refractivity contribution in [1.82, 2.24) is 9.88 Å². The van der Waals surface area contributed by atoms with E-state index >= 15 is 0 Å². The Morgan fingerprint density at radius 1 is 1.20 bits per heavy atom. The van der Waals surface area contributed by atoms with E-state index in [4.69, 9.17) is 9.47 Å². The Balaban J connectivity index is 1.46. The van der Waals surface area contributed by atoms with E-state index in [0.717, 1.165) is 44.2 Å². The zero-order valence-electron chi connectivity index (χ0n) is 14.1. The number of benzene rings is 1. The summed E-state index contributed by atoms with van der Waals surface area (Å²) in [4.78, 5) is 18.3. The van der Waals surface area contributed by atoms with Gasteiger partial charge in [-0.3, -0.25) is 14.7 Å². The highest BCUT2D eigenvalue weighted by atomic mass is 16.5. The summed E-state index contributed by atoms with van der Waals surface area (Å²) in [6, 6.07) is 11.2. The van der Waals surface area contributed by atoms with Gasteiger partial charge in [-0.2, -0.15) is 0 Å². The van der Waals surface area contributed by atoms with Crippen molar-refractivity contribution in [2.45, 2.75) is 0 Å². The van der Waals surface area contributed by atoms with Crippen molar-refractivity contribution in [3.8, 4) is 5.75 Å². The number of hydrogen-bond donors (Lipinski definition) is 0. The molecule has 1 saturated heterocycles. The number of nitrogens with zero attached hydrogens (tertiary/aromatic N) is 2. The monoisotopic (exact) mass is 338 g/mol. The van der Waals surface area contributed by atoms with Crippen molar-refractivity contribution in [1.29, 1.82) is 0 Å². The molecule has 0 aliphatic carbocycles. The molecule has 0 amide bonds. The third-order valence-corrected chi connectivity index (χ3v) is 4.03. The molecule has 1 aliphatic heterocycles. The van der Waals surface area contributed by atoms with Crippen LogP contribution in [0.5, 0.6) is 5.75 Å². The Labute approximate surface area is 147 Å². The van der Waals surface area contributed by atoms with E-state index in [0.29, 0.717) is 12.2 Å². The number of rotatable bonds is 7. The van der Waals surface area contributed by atoms with E-state index in [1.54, 1.807) is 36.7 Å². The SMILES string of the molecule is O=C(/C=C/c1ccc(OCCN2CCOCC2)cc1)c1cccnc1. The molecule has 0 radical (unpaired) electrons. The van der Waals surface area contributed by atoms with Gasteiger partial charge in [0.1, 0.15) is 12.4 Å². The van der Waals surface area contributed by atoms with E-state index in [1.165, 1.54) is 0 Å². The van der Waals surface area contributed by atoms with Crippen molar-refractivity contribution in [3.63, 3.8) is 0 Å². The summed E-state index contributed by atoms with van der Waals surface area (Å²) < 4.78 is 11.1. The van der Waals surface area contributed by atoms with Crippen LogP contribution in [0.25, 0.3) is 6.08 Å². The quantitative estimate of drug-likeness (QED) is 0.574. The van der Waals surface area contributed by atoms with Crippen LogP contribution in [-0.4, -0.2) is 55.1 Å². The highest BCUT2D eigenvalue weighted by Gasteiger charge is 2.09. The minimum Gasteiger partial charge on any atom is -0.492 e. The maximum Gasteiger partial charge on any atom is 0.187 e. The average molecular weight is 338 g/mol. The number of aromatic nitrogens is 1. The molecule has 1 aromatic carbocycles. The summed E-state index contributed by atoms with van der Waals surface area (Å²) in [7, 11) is 0. The van der Waals surface area contributed by atoms with Crippen LogP contribution >= 0.6 is 0 Å².